The fourth-order valence-corrected chi connectivity index (χ4v) is 1.57. The number of hydrogen-bond acceptors (Lipinski definition) is 2. The fourth-order valence-electron chi connectivity index (χ4n) is 1.30. The predicted molar refractivity (Wildman–Crippen MR) is 71.7 cm³/mol. The molecule has 94 valence electrons. The molecule has 1 amide bonds. The normalized spacial score (nSPS) is 12.5. The summed E-state index contributed by atoms with van der Waals surface area (Å²) in [6.07, 6.45) is -0.137. The molecule has 2 N–H and O–H groups in total. The first-order valence-corrected chi connectivity index (χ1v) is 6.47. The largest absolute Gasteiger partial charge is 0.391 e. The first-order chi connectivity index (χ1) is 7.99. The zero-order valence-corrected chi connectivity index (χ0v) is 11.7. The molecule has 3 nitrogen and oxygen atoms in total. The Morgan fingerprint density at radius 1 is 1.35 bits per heavy atom. The number of benzene rings is 1. The van der Waals surface area contributed by atoms with Crippen molar-refractivity contribution in [2.45, 2.75) is 26.4 Å². The molecule has 1 aromatic rings. The van der Waals surface area contributed by atoms with Gasteiger partial charge in [-0.1, -0.05) is 41.9 Å². The summed E-state index contributed by atoms with van der Waals surface area (Å²) in [5.74, 6) is 0.0926. The van der Waals surface area contributed by atoms with E-state index in [4.69, 9.17) is 0 Å². The Hall–Kier alpha value is -0.870. The summed E-state index contributed by atoms with van der Waals surface area (Å²) in [7, 11) is 0. The number of carbonyl (C=O) groups is 1. The van der Waals surface area contributed by atoms with E-state index in [1.165, 1.54) is 0 Å². The molecule has 0 aromatic heterocycles. The molecule has 0 radical (unpaired) electrons. The summed E-state index contributed by atoms with van der Waals surface area (Å²) in [5, 5.41) is 12.3. The number of amides is 1. The van der Waals surface area contributed by atoms with E-state index in [-0.39, 0.29) is 11.8 Å². The number of carbonyl (C=O) groups excluding carboxylic acids is 1. The lowest BCUT2D eigenvalue weighted by molar-refractivity contribution is -0.121. The second kappa shape index (κ2) is 6.77. The predicted octanol–water partition coefficient (Wildman–Crippen LogP) is 2.12. The molecule has 0 saturated carbocycles. The van der Waals surface area contributed by atoms with Crippen LogP contribution >= 0.6 is 15.9 Å². The number of aliphatic hydroxyl groups is 1. The van der Waals surface area contributed by atoms with Crippen LogP contribution in [-0.4, -0.2) is 23.7 Å². The average Bonchev–Trinajstić information content (AvgIpc) is 2.29. The number of nitrogens with one attached hydrogen (secondary N) is 1. The van der Waals surface area contributed by atoms with E-state index < -0.39 is 6.10 Å². The minimum Gasteiger partial charge on any atom is -0.391 e. The molecule has 1 unspecified atom stereocenters. The Morgan fingerprint density at radius 3 is 2.47 bits per heavy atom. The summed E-state index contributed by atoms with van der Waals surface area (Å²) in [5.41, 5.74) is 0.963. The fraction of sp³-hybridized carbons (Fsp3) is 0.462. The monoisotopic (exact) mass is 299 g/mol. The molecule has 0 fully saturated rings. The van der Waals surface area contributed by atoms with Crippen LogP contribution in [0.4, 0.5) is 0 Å². The van der Waals surface area contributed by atoms with Gasteiger partial charge in [0.15, 0.2) is 0 Å². The van der Waals surface area contributed by atoms with E-state index in [2.05, 4.69) is 21.2 Å². The third-order valence-electron chi connectivity index (χ3n) is 2.56. The minimum atomic E-state index is -0.483. The van der Waals surface area contributed by atoms with E-state index in [0.717, 1.165) is 10.0 Å². The van der Waals surface area contributed by atoms with Gasteiger partial charge in [0.2, 0.25) is 5.91 Å². The Bertz CT molecular complexity index is 362. The topological polar surface area (TPSA) is 49.3 Å². The lowest BCUT2D eigenvalue weighted by Gasteiger charge is -2.15. The maximum absolute atomic E-state index is 11.6. The Morgan fingerprint density at radius 2 is 1.94 bits per heavy atom. The van der Waals surface area contributed by atoms with Gasteiger partial charge >= 0.3 is 0 Å². The molecule has 0 aliphatic rings. The van der Waals surface area contributed by atoms with Gasteiger partial charge in [-0.25, -0.2) is 0 Å². The summed E-state index contributed by atoms with van der Waals surface area (Å²) >= 11 is 3.34. The van der Waals surface area contributed by atoms with E-state index in [9.17, 15) is 9.90 Å². The molecular formula is C13H18BrNO2. The van der Waals surface area contributed by atoms with Crippen molar-refractivity contribution >= 4 is 21.8 Å². The third-order valence-corrected chi connectivity index (χ3v) is 3.08. The van der Waals surface area contributed by atoms with E-state index in [0.29, 0.717) is 13.0 Å². The van der Waals surface area contributed by atoms with Crippen LogP contribution in [0.25, 0.3) is 0 Å². The van der Waals surface area contributed by atoms with Gasteiger partial charge < -0.3 is 10.4 Å². The van der Waals surface area contributed by atoms with Crippen LogP contribution in [0.3, 0.4) is 0 Å². The zero-order chi connectivity index (χ0) is 12.8. The van der Waals surface area contributed by atoms with Gasteiger partial charge in [-0.2, -0.15) is 0 Å². The lowest BCUT2D eigenvalue weighted by Crippen LogP contribution is -2.35. The maximum Gasteiger partial charge on any atom is 0.224 e. The molecule has 0 heterocycles. The molecule has 0 saturated heterocycles. The smallest absolute Gasteiger partial charge is 0.224 e. The van der Waals surface area contributed by atoms with E-state index in [1.807, 2.05) is 38.1 Å². The van der Waals surface area contributed by atoms with Gasteiger partial charge in [0.05, 0.1) is 12.5 Å². The first-order valence-electron chi connectivity index (χ1n) is 5.68. The molecule has 4 heteroatoms. The van der Waals surface area contributed by atoms with Crippen molar-refractivity contribution in [1.82, 2.24) is 5.32 Å². The van der Waals surface area contributed by atoms with Crippen LogP contribution in [0.2, 0.25) is 0 Å². The van der Waals surface area contributed by atoms with Crippen LogP contribution in [0, 0.1) is 5.92 Å². The molecule has 0 bridgehead atoms. The summed E-state index contributed by atoms with van der Waals surface area (Å²) in [6.45, 7) is 4.16. The highest BCUT2D eigenvalue weighted by Gasteiger charge is 2.10. The van der Waals surface area contributed by atoms with Crippen LogP contribution in [0.15, 0.2) is 28.7 Å². The molecule has 17 heavy (non-hydrogen) atoms. The number of halogens is 1. The minimum absolute atomic E-state index is 0.0629. The van der Waals surface area contributed by atoms with Crippen molar-refractivity contribution in [2.24, 2.45) is 5.92 Å². The SMILES string of the molecule is CC(C)C(O)CNC(=O)Cc1ccc(Br)cc1. The quantitative estimate of drug-likeness (QED) is 0.875. The van der Waals surface area contributed by atoms with E-state index in [1.54, 1.807) is 0 Å². The Labute approximate surface area is 110 Å². The average molecular weight is 300 g/mol. The van der Waals surface area contributed by atoms with Crippen molar-refractivity contribution in [1.29, 1.82) is 0 Å². The Kier molecular flexibility index (Phi) is 5.65. The van der Waals surface area contributed by atoms with Gasteiger partial charge in [-0.3, -0.25) is 4.79 Å². The van der Waals surface area contributed by atoms with Crippen LogP contribution in [0.5, 0.6) is 0 Å². The summed E-state index contributed by atoms with van der Waals surface area (Å²) < 4.78 is 0.997. The number of aliphatic hydroxyl groups excluding tert-OH is 1. The summed E-state index contributed by atoms with van der Waals surface area (Å²) in [4.78, 5) is 11.6. The highest BCUT2D eigenvalue weighted by atomic mass is 79.9. The highest BCUT2D eigenvalue weighted by molar-refractivity contribution is 9.10. The van der Waals surface area contributed by atoms with Gasteiger partial charge in [0, 0.05) is 11.0 Å². The van der Waals surface area contributed by atoms with Gasteiger partial charge in [0.25, 0.3) is 0 Å². The summed E-state index contributed by atoms with van der Waals surface area (Å²) in [6, 6.07) is 7.63. The second-order valence-electron chi connectivity index (χ2n) is 4.42. The van der Waals surface area contributed by atoms with Crippen LogP contribution in [-0.2, 0) is 11.2 Å². The number of rotatable bonds is 5. The molecule has 1 atom stereocenters. The van der Waals surface area contributed by atoms with Crippen molar-refractivity contribution in [3.05, 3.63) is 34.3 Å². The highest BCUT2D eigenvalue weighted by Crippen LogP contribution is 2.10. The lowest BCUT2D eigenvalue weighted by atomic mass is 10.1. The first kappa shape index (κ1) is 14.2. The molecule has 1 aromatic carbocycles. The van der Waals surface area contributed by atoms with Crippen molar-refractivity contribution in [3.8, 4) is 0 Å². The van der Waals surface area contributed by atoms with Crippen LogP contribution < -0.4 is 5.32 Å². The standard InChI is InChI=1S/C13H18BrNO2/c1-9(2)12(16)8-15-13(17)7-10-3-5-11(14)6-4-10/h3-6,9,12,16H,7-8H2,1-2H3,(H,15,17). The van der Waals surface area contributed by atoms with Gasteiger partial charge in [-0.05, 0) is 23.6 Å². The van der Waals surface area contributed by atoms with Gasteiger partial charge in [-0.15, -0.1) is 0 Å². The van der Waals surface area contributed by atoms with Crippen molar-refractivity contribution in [3.63, 3.8) is 0 Å². The van der Waals surface area contributed by atoms with Crippen molar-refractivity contribution in [2.75, 3.05) is 6.54 Å². The third kappa shape index (κ3) is 5.33. The zero-order valence-electron chi connectivity index (χ0n) is 10.1. The molecular weight excluding hydrogens is 282 g/mol. The van der Waals surface area contributed by atoms with Gasteiger partial charge in [0.1, 0.15) is 0 Å². The maximum atomic E-state index is 11.6. The molecule has 0 aliphatic heterocycles. The van der Waals surface area contributed by atoms with E-state index >= 15 is 0 Å². The molecule has 0 spiro atoms. The van der Waals surface area contributed by atoms with Crippen LogP contribution in [0.1, 0.15) is 19.4 Å². The number of hydrogen-bond donors (Lipinski definition) is 2. The van der Waals surface area contributed by atoms with Crippen molar-refractivity contribution < 1.29 is 9.90 Å². The second-order valence-corrected chi connectivity index (χ2v) is 5.33. The molecule has 1 rings (SSSR count). The molecule has 0 aliphatic carbocycles. The Balaban J connectivity index is 2.37.